The molecule has 8 heteroatoms. The minimum Gasteiger partial charge on any atom is -0.495 e. The molecule has 7 nitrogen and oxygen atoms in total. The van der Waals surface area contributed by atoms with Gasteiger partial charge in [-0.25, -0.2) is 13.1 Å². The molecule has 0 spiro atoms. The number of amides is 1. The molecule has 108 valence electrons. The lowest BCUT2D eigenvalue weighted by Crippen LogP contribution is -2.33. The number of nitrogens with two attached hydrogens (primary N) is 2. The van der Waals surface area contributed by atoms with Gasteiger partial charge in [0.25, 0.3) is 0 Å². The average Bonchev–Trinajstić information content (AvgIpc) is 2.42. The fourth-order valence-electron chi connectivity index (χ4n) is 1.35. The molecule has 0 unspecified atom stereocenters. The van der Waals surface area contributed by atoms with Crippen molar-refractivity contribution in [3.8, 4) is 17.6 Å². The van der Waals surface area contributed by atoms with Gasteiger partial charge >= 0.3 is 0 Å². The first kappa shape index (κ1) is 16.0. The van der Waals surface area contributed by atoms with Gasteiger partial charge in [-0.15, -0.1) is 0 Å². The third-order valence-corrected chi connectivity index (χ3v) is 3.64. The fourth-order valence-corrected chi connectivity index (χ4v) is 2.37. The van der Waals surface area contributed by atoms with Gasteiger partial charge < -0.3 is 16.2 Å². The van der Waals surface area contributed by atoms with Crippen LogP contribution in [-0.4, -0.2) is 34.5 Å². The van der Waals surface area contributed by atoms with E-state index in [1.165, 1.54) is 25.3 Å². The molecule has 0 aliphatic carbocycles. The number of nitrogens with one attached hydrogen (secondary N) is 1. The third-order valence-electron chi connectivity index (χ3n) is 2.24. The van der Waals surface area contributed by atoms with E-state index in [1.54, 1.807) is 0 Å². The fraction of sp³-hybridized carbons (Fsp3) is 0.250. The Morgan fingerprint density at radius 1 is 1.45 bits per heavy atom. The van der Waals surface area contributed by atoms with Gasteiger partial charge in [-0.1, -0.05) is 11.8 Å². The number of hydrogen-bond donors (Lipinski definition) is 3. The van der Waals surface area contributed by atoms with Crippen molar-refractivity contribution < 1.29 is 17.9 Å². The number of ether oxygens (including phenoxy) is 1. The van der Waals surface area contributed by atoms with E-state index in [2.05, 4.69) is 16.6 Å². The summed E-state index contributed by atoms with van der Waals surface area (Å²) >= 11 is 0. The topological polar surface area (TPSA) is 125 Å². The summed E-state index contributed by atoms with van der Waals surface area (Å²) < 4.78 is 31.0. The first-order valence-electron chi connectivity index (χ1n) is 5.55. The smallest absolute Gasteiger partial charge is 0.241 e. The second kappa shape index (κ2) is 6.91. The quantitative estimate of drug-likeness (QED) is 0.587. The Balaban J connectivity index is 3.16. The van der Waals surface area contributed by atoms with Gasteiger partial charge in [0.15, 0.2) is 0 Å². The van der Waals surface area contributed by atoms with Gasteiger partial charge in [0, 0.05) is 0 Å². The molecular weight excluding hydrogens is 282 g/mol. The van der Waals surface area contributed by atoms with E-state index in [4.69, 9.17) is 16.2 Å². The summed E-state index contributed by atoms with van der Waals surface area (Å²) in [5.74, 6) is 4.99. The standard InChI is InChI=1S/C12H15N3O4S/c1-19-11-5-4-10(7-9(11)3-2-6-13)20(17,18)15-8-12(14)16/h4-5,7,15H,6,8,13H2,1H3,(H2,14,16). The molecule has 0 saturated carbocycles. The second-order valence-corrected chi connectivity index (χ2v) is 5.43. The molecule has 0 fully saturated rings. The lowest BCUT2D eigenvalue weighted by molar-refractivity contribution is -0.116. The number of carbonyl (C=O) groups excluding carboxylic acids is 1. The Morgan fingerprint density at radius 3 is 2.70 bits per heavy atom. The Bertz CT molecular complexity index is 659. The molecule has 0 heterocycles. The minimum absolute atomic E-state index is 0.0409. The molecular formula is C12H15N3O4S. The molecule has 0 aliphatic rings. The summed E-state index contributed by atoms with van der Waals surface area (Å²) in [6, 6.07) is 4.15. The molecule has 0 atom stereocenters. The van der Waals surface area contributed by atoms with Crippen molar-refractivity contribution in [2.75, 3.05) is 20.2 Å². The normalized spacial score (nSPS) is 10.5. The van der Waals surface area contributed by atoms with Crippen molar-refractivity contribution in [1.29, 1.82) is 0 Å². The van der Waals surface area contributed by atoms with Gasteiger partial charge in [0.2, 0.25) is 15.9 Å². The Labute approximate surface area is 117 Å². The number of rotatable bonds is 5. The van der Waals surface area contributed by atoms with Crippen LogP contribution in [0.5, 0.6) is 5.75 Å². The number of hydrogen-bond acceptors (Lipinski definition) is 5. The zero-order chi connectivity index (χ0) is 15.2. The monoisotopic (exact) mass is 297 g/mol. The number of sulfonamides is 1. The summed E-state index contributed by atoms with van der Waals surface area (Å²) in [6.45, 7) is -0.335. The molecule has 0 aliphatic heterocycles. The van der Waals surface area contributed by atoms with Gasteiger partial charge in [-0.05, 0) is 18.2 Å². The second-order valence-electron chi connectivity index (χ2n) is 3.66. The molecule has 1 amide bonds. The highest BCUT2D eigenvalue weighted by molar-refractivity contribution is 7.89. The first-order valence-corrected chi connectivity index (χ1v) is 7.04. The van der Waals surface area contributed by atoms with Gasteiger partial charge in [-0.3, -0.25) is 4.79 Å². The van der Waals surface area contributed by atoms with Crippen molar-refractivity contribution >= 4 is 15.9 Å². The molecule has 5 N–H and O–H groups in total. The largest absolute Gasteiger partial charge is 0.495 e. The zero-order valence-electron chi connectivity index (χ0n) is 10.8. The lowest BCUT2D eigenvalue weighted by Gasteiger charge is -2.08. The van der Waals surface area contributed by atoms with Crippen LogP contribution in [0.25, 0.3) is 0 Å². The van der Waals surface area contributed by atoms with Crippen LogP contribution >= 0.6 is 0 Å². The summed E-state index contributed by atoms with van der Waals surface area (Å²) in [4.78, 5) is 10.6. The zero-order valence-corrected chi connectivity index (χ0v) is 11.7. The van der Waals surface area contributed by atoms with Gasteiger partial charge in [0.1, 0.15) is 5.75 Å². The van der Waals surface area contributed by atoms with Crippen LogP contribution in [0.2, 0.25) is 0 Å². The van der Waals surface area contributed by atoms with Crippen molar-refractivity contribution in [3.05, 3.63) is 23.8 Å². The van der Waals surface area contributed by atoms with Gasteiger partial charge in [-0.2, -0.15) is 0 Å². The molecule has 1 aromatic carbocycles. The minimum atomic E-state index is -3.83. The molecule has 0 aromatic heterocycles. The lowest BCUT2D eigenvalue weighted by atomic mass is 10.2. The van der Waals surface area contributed by atoms with E-state index in [0.717, 1.165) is 0 Å². The van der Waals surface area contributed by atoms with E-state index >= 15 is 0 Å². The van der Waals surface area contributed by atoms with Crippen LogP contribution < -0.4 is 20.9 Å². The van der Waals surface area contributed by atoms with Crippen LogP contribution in [0.4, 0.5) is 0 Å². The Morgan fingerprint density at radius 2 is 2.15 bits per heavy atom. The van der Waals surface area contributed by atoms with Crippen molar-refractivity contribution in [3.63, 3.8) is 0 Å². The summed E-state index contributed by atoms with van der Waals surface area (Å²) in [7, 11) is -2.39. The third kappa shape index (κ3) is 4.24. The van der Waals surface area contributed by atoms with Crippen LogP contribution in [0, 0.1) is 11.8 Å². The molecule has 1 aromatic rings. The number of carbonyl (C=O) groups is 1. The van der Waals surface area contributed by atoms with Crippen LogP contribution in [0.3, 0.4) is 0 Å². The number of methoxy groups -OCH3 is 1. The molecule has 20 heavy (non-hydrogen) atoms. The molecule has 0 saturated heterocycles. The maximum absolute atomic E-state index is 11.9. The molecule has 0 bridgehead atoms. The summed E-state index contributed by atoms with van der Waals surface area (Å²) in [5, 5.41) is 0. The SMILES string of the molecule is COc1ccc(S(=O)(=O)NCC(N)=O)cc1C#CCN. The maximum Gasteiger partial charge on any atom is 0.241 e. The number of primary amides is 1. The molecule has 0 radical (unpaired) electrons. The van der Waals surface area contributed by atoms with Crippen molar-refractivity contribution in [2.24, 2.45) is 11.5 Å². The van der Waals surface area contributed by atoms with Crippen LogP contribution in [0.15, 0.2) is 23.1 Å². The van der Waals surface area contributed by atoms with E-state index in [9.17, 15) is 13.2 Å². The van der Waals surface area contributed by atoms with E-state index in [1.807, 2.05) is 0 Å². The predicted molar refractivity (Wildman–Crippen MR) is 73.3 cm³/mol. The predicted octanol–water partition coefficient (Wildman–Crippen LogP) is -1.23. The van der Waals surface area contributed by atoms with Crippen molar-refractivity contribution in [2.45, 2.75) is 4.90 Å². The highest BCUT2D eigenvalue weighted by atomic mass is 32.2. The highest BCUT2D eigenvalue weighted by Crippen LogP contribution is 2.21. The van der Waals surface area contributed by atoms with Crippen molar-refractivity contribution in [1.82, 2.24) is 4.72 Å². The van der Waals surface area contributed by atoms with E-state index < -0.39 is 22.5 Å². The Hall–Kier alpha value is -2.08. The van der Waals surface area contributed by atoms with Crippen LogP contribution in [-0.2, 0) is 14.8 Å². The molecule has 1 rings (SSSR count). The first-order chi connectivity index (χ1) is 9.40. The number of benzene rings is 1. The maximum atomic E-state index is 11.9. The van der Waals surface area contributed by atoms with E-state index in [-0.39, 0.29) is 11.4 Å². The van der Waals surface area contributed by atoms with Crippen LogP contribution in [0.1, 0.15) is 5.56 Å². The highest BCUT2D eigenvalue weighted by Gasteiger charge is 2.16. The Kier molecular flexibility index (Phi) is 5.52. The summed E-state index contributed by atoms with van der Waals surface area (Å²) in [6.07, 6.45) is 0. The van der Waals surface area contributed by atoms with Gasteiger partial charge in [0.05, 0.1) is 30.7 Å². The average molecular weight is 297 g/mol. The van der Waals surface area contributed by atoms with E-state index in [0.29, 0.717) is 11.3 Å². The summed E-state index contributed by atoms with van der Waals surface area (Å²) in [5.41, 5.74) is 10.6.